The maximum Gasteiger partial charge on any atom is 0.468 e. The second kappa shape index (κ2) is 6.95. The highest BCUT2D eigenvalue weighted by Gasteiger charge is 2.39. The van der Waals surface area contributed by atoms with Gasteiger partial charge in [-0.2, -0.15) is 13.2 Å². The van der Waals surface area contributed by atoms with Crippen LogP contribution in [0.2, 0.25) is 0 Å². The van der Waals surface area contributed by atoms with Crippen LogP contribution in [0.1, 0.15) is 5.89 Å². The van der Waals surface area contributed by atoms with Crippen molar-refractivity contribution in [1.29, 1.82) is 0 Å². The van der Waals surface area contributed by atoms with Gasteiger partial charge < -0.3 is 9.32 Å². The topological polar surface area (TPSA) is 89.4 Å². The van der Waals surface area contributed by atoms with Crippen LogP contribution in [0.25, 0.3) is 22.6 Å². The summed E-state index contributed by atoms with van der Waals surface area (Å²) in [5.41, 5.74) is 1.32. The van der Waals surface area contributed by atoms with Gasteiger partial charge in [0.05, 0.1) is 4.90 Å². The molecule has 3 rings (SSSR count). The van der Waals surface area contributed by atoms with Gasteiger partial charge in [-0.05, 0) is 30.3 Å². The number of nitrogens with zero attached hydrogens (tertiary/aromatic N) is 2. The number of nitrogens with two attached hydrogens (primary N) is 1. The summed E-state index contributed by atoms with van der Waals surface area (Å²) in [7, 11) is -0.425. The number of halogens is 3. The summed E-state index contributed by atoms with van der Waals surface area (Å²) in [6.07, 6.45) is -4.78. The minimum atomic E-state index is -4.78. The minimum absolute atomic E-state index is 0.0000180. The molecule has 0 spiro atoms. The molecule has 0 atom stereocenters. The van der Waals surface area contributed by atoms with Crippen LogP contribution in [-0.2, 0) is 16.2 Å². The van der Waals surface area contributed by atoms with Gasteiger partial charge >= 0.3 is 12.1 Å². The van der Waals surface area contributed by atoms with E-state index < -0.39 is 22.1 Å². The van der Waals surface area contributed by atoms with E-state index in [1.165, 1.54) is 24.3 Å². The van der Waals surface area contributed by atoms with E-state index in [1.807, 2.05) is 0 Å². The first-order valence-electron chi connectivity index (χ1n) is 7.96. The monoisotopic (exact) mass is 411 g/mol. The summed E-state index contributed by atoms with van der Waals surface area (Å²) in [6.45, 7) is 0. The molecule has 148 valence electrons. The lowest BCUT2D eigenvalue weighted by molar-refractivity contribution is -0.156. The SMILES string of the molecule is CN(C)c1ccccc1-c1nc(C(F)(F)F)oc1-c1ccc(S(N)(=O)=O)cc1. The van der Waals surface area contributed by atoms with Crippen LogP contribution in [0.5, 0.6) is 0 Å². The number of alkyl halides is 3. The Bertz CT molecular complexity index is 1110. The molecule has 0 aliphatic carbocycles. The van der Waals surface area contributed by atoms with Crippen LogP contribution < -0.4 is 10.0 Å². The number of oxazole rings is 1. The molecule has 2 aromatic carbocycles. The van der Waals surface area contributed by atoms with Crippen LogP contribution in [0.3, 0.4) is 0 Å². The summed E-state index contributed by atoms with van der Waals surface area (Å²) < 4.78 is 67.6. The Morgan fingerprint density at radius 2 is 1.64 bits per heavy atom. The standard InChI is InChI=1S/C18H16F3N3O3S/c1-24(2)14-6-4-3-5-13(14)15-16(27-17(23-15)18(19,20)21)11-7-9-12(10-8-11)28(22,25)26/h3-10H,1-2H3,(H2,22,25,26). The molecule has 0 fully saturated rings. The molecule has 0 bridgehead atoms. The van der Waals surface area contributed by atoms with Crippen molar-refractivity contribution in [1.82, 2.24) is 4.98 Å². The second-order valence-electron chi connectivity index (χ2n) is 6.18. The molecule has 1 heterocycles. The molecule has 28 heavy (non-hydrogen) atoms. The van der Waals surface area contributed by atoms with Crippen LogP contribution in [0.4, 0.5) is 18.9 Å². The average Bonchev–Trinajstić information content (AvgIpc) is 3.06. The van der Waals surface area contributed by atoms with Gasteiger partial charge in [0.15, 0.2) is 5.76 Å². The molecule has 1 aromatic heterocycles. The van der Waals surface area contributed by atoms with Crippen molar-refractivity contribution in [3.8, 4) is 22.6 Å². The van der Waals surface area contributed by atoms with E-state index in [0.717, 1.165) is 0 Å². The van der Waals surface area contributed by atoms with E-state index in [9.17, 15) is 21.6 Å². The summed E-state index contributed by atoms with van der Waals surface area (Å²) in [5, 5.41) is 5.06. The first kappa shape index (κ1) is 19.9. The first-order chi connectivity index (χ1) is 13.0. The molecule has 3 aromatic rings. The molecule has 10 heteroatoms. The molecule has 0 amide bonds. The van der Waals surface area contributed by atoms with E-state index in [2.05, 4.69) is 4.98 Å². The Hall–Kier alpha value is -2.85. The van der Waals surface area contributed by atoms with Crippen molar-refractivity contribution >= 4 is 15.7 Å². The molecule has 0 aliphatic rings. The molecule has 2 N–H and O–H groups in total. The Morgan fingerprint density at radius 1 is 1.04 bits per heavy atom. The predicted molar refractivity (Wildman–Crippen MR) is 98.1 cm³/mol. The number of aromatic nitrogens is 1. The number of anilines is 1. The molecule has 0 aliphatic heterocycles. The molecule has 0 unspecified atom stereocenters. The van der Waals surface area contributed by atoms with Crippen molar-refractivity contribution in [2.75, 3.05) is 19.0 Å². The van der Waals surface area contributed by atoms with Gasteiger partial charge in [0, 0.05) is 30.9 Å². The average molecular weight is 411 g/mol. The van der Waals surface area contributed by atoms with Crippen molar-refractivity contribution in [3.05, 3.63) is 54.4 Å². The highest BCUT2D eigenvalue weighted by atomic mass is 32.2. The summed E-state index contributed by atoms with van der Waals surface area (Å²) in [4.78, 5) is 5.26. The van der Waals surface area contributed by atoms with Crippen molar-refractivity contribution in [3.63, 3.8) is 0 Å². The zero-order chi connectivity index (χ0) is 20.7. The normalized spacial score (nSPS) is 12.2. The third kappa shape index (κ3) is 3.87. The number of para-hydroxylation sites is 1. The van der Waals surface area contributed by atoms with E-state index in [0.29, 0.717) is 11.3 Å². The van der Waals surface area contributed by atoms with Crippen molar-refractivity contribution < 1.29 is 26.0 Å². The number of hydrogen-bond acceptors (Lipinski definition) is 5. The maximum atomic E-state index is 13.2. The number of benzene rings is 2. The molecule has 0 saturated heterocycles. The zero-order valence-corrected chi connectivity index (χ0v) is 15.7. The highest BCUT2D eigenvalue weighted by molar-refractivity contribution is 7.89. The summed E-state index contributed by atoms with van der Waals surface area (Å²) in [5.74, 6) is -1.51. The lowest BCUT2D eigenvalue weighted by atomic mass is 10.0. The summed E-state index contributed by atoms with van der Waals surface area (Å²) >= 11 is 0. The van der Waals surface area contributed by atoms with Gasteiger partial charge in [-0.1, -0.05) is 18.2 Å². The van der Waals surface area contributed by atoms with Crippen molar-refractivity contribution in [2.24, 2.45) is 5.14 Å². The van der Waals surface area contributed by atoms with Crippen LogP contribution >= 0.6 is 0 Å². The number of rotatable bonds is 4. The third-order valence-electron chi connectivity index (χ3n) is 3.96. The highest BCUT2D eigenvalue weighted by Crippen LogP contribution is 2.41. The van der Waals surface area contributed by atoms with Crippen LogP contribution in [0, 0.1) is 0 Å². The minimum Gasteiger partial charge on any atom is -0.432 e. The van der Waals surface area contributed by atoms with Crippen LogP contribution in [-0.4, -0.2) is 27.5 Å². The Balaban J connectivity index is 2.23. The smallest absolute Gasteiger partial charge is 0.432 e. The quantitative estimate of drug-likeness (QED) is 0.706. The number of hydrogen-bond donors (Lipinski definition) is 1. The van der Waals surface area contributed by atoms with Gasteiger partial charge in [-0.3, -0.25) is 0 Å². The van der Waals surface area contributed by atoms with E-state index in [-0.39, 0.29) is 21.9 Å². The van der Waals surface area contributed by atoms with Gasteiger partial charge in [0.25, 0.3) is 0 Å². The van der Waals surface area contributed by atoms with E-state index in [1.54, 1.807) is 43.3 Å². The molecular weight excluding hydrogens is 395 g/mol. The van der Waals surface area contributed by atoms with Gasteiger partial charge in [0.2, 0.25) is 10.0 Å². The Morgan fingerprint density at radius 3 is 2.18 bits per heavy atom. The van der Waals surface area contributed by atoms with Crippen LogP contribution in [0.15, 0.2) is 57.8 Å². The maximum absolute atomic E-state index is 13.2. The second-order valence-corrected chi connectivity index (χ2v) is 7.74. The van der Waals surface area contributed by atoms with Crippen molar-refractivity contribution in [2.45, 2.75) is 11.1 Å². The fraction of sp³-hybridized carbons (Fsp3) is 0.167. The Labute approximate surface area is 159 Å². The summed E-state index contributed by atoms with van der Waals surface area (Å²) in [6, 6.07) is 11.8. The largest absolute Gasteiger partial charge is 0.468 e. The molecule has 6 nitrogen and oxygen atoms in total. The molecular formula is C18H16F3N3O3S. The van der Waals surface area contributed by atoms with Gasteiger partial charge in [0.1, 0.15) is 5.69 Å². The Kier molecular flexibility index (Phi) is 4.94. The fourth-order valence-corrected chi connectivity index (χ4v) is 3.19. The van der Waals surface area contributed by atoms with E-state index in [4.69, 9.17) is 9.56 Å². The van der Waals surface area contributed by atoms with Gasteiger partial charge in [-0.15, -0.1) is 0 Å². The lowest BCUT2D eigenvalue weighted by Gasteiger charge is -2.16. The number of primary sulfonamides is 1. The zero-order valence-electron chi connectivity index (χ0n) is 14.9. The number of sulfonamides is 1. The fourth-order valence-electron chi connectivity index (χ4n) is 2.68. The van der Waals surface area contributed by atoms with E-state index >= 15 is 0 Å². The first-order valence-corrected chi connectivity index (χ1v) is 9.51. The third-order valence-corrected chi connectivity index (χ3v) is 4.88. The lowest BCUT2D eigenvalue weighted by Crippen LogP contribution is -2.11. The predicted octanol–water partition coefficient (Wildman–Crippen LogP) is 3.74. The molecule has 0 saturated carbocycles. The van der Waals surface area contributed by atoms with Gasteiger partial charge in [-0.25, -0.2) is 18.5 Å². The molecule has 0 radical (unpaired) electrons.